The number of thiophene rings is 1. The molecular formula is C21H19ClF3N5O5S2. The second-order valence-corrected chi connectivity index (χ2v) is 11.1. The van der Waals surface area contributed by atoms with Gasteiger partial charge < -0.3 is 15.7 Å². The lowest BCUT2D eigenvalue weighted by Gasteiger charge is -2.17. The van der Waals surface area contributed by atoms with E-state index in [2.05, 4.69) is 9.71 Å². The molecule has 0 radical (unpaired) electrons. The van der Waals surface area contributed by atoms with Crippen molar-refractivity contribution in [1.82, 2.24) is 14.6 Å². The molecule has 4 rings (SSSR count). The summed E-state index contributed by atoms with van der Waals surface area (Å²) in [6.07, 6.45) is -3.19. The summed E-state index contributed by atoms with van der Waals surface area (Å²) in [5.41, 5.74) is 6.92. The molecule has 0 bridgehead atoms. The summed E-state index contributed by atoms with van der Waals surface area (Å²) in [5.74, 6) is -3.09. The number of amides is 1. The van der Waals surface area contributed by atoms with Crippen LogP contribution in [0.25, 0.3) is 10.1 Å². The zero-order valence-electron chi connectivity index (χ0n) is 18.6. The van der Waals surface area contributed by atoms with Gasteiger partial charge in [-0.25, -0.2) is 18.2 Å². The summed E-state index contributed by atoms with van der Waals surface area (Å²) in [6.45, 7) is 0.751. The number of amidine groups is 1. The average molecular weight is 578 g/mol. The molecule has 1 amide bonds. The van der Waals surface area contributed by atoms with Crippen molar-refractivity contribution >= 4 is 60.8 Å². The number of alkyl halides is 3. The Kier molecular flexibility index (Phi) is 8.42. The number of carbonyl (C=O) groups is 2. The number of pyridine rings is 1. The summed E-state index contributed by atoms with van der Waals surface area (Å²) >= 11 is 7.12. The van der Waals surface area contributed by atoms with Crippen LogP contribution in [0.3, 0.4) is 0 Å². The van der Waals surface area contributed by atoms with E-state index in [1.54, 1.807) is 29.2 Å². The molecule has 3 aromatic rings. The van der Waals surface area contributed by atoms with Crippen molar-refractivity contribution < 1.29 is 36.3 Å². The Bertz CT molecular complexity index is 1460. The number of carboxylic acids is 1. The Hall–Kier alpha value is -3.27. The molecule has 1 fully saturated rings. The fourth-order valence-electron chi connectivity index (χ4n) is 3.35. The smallest absolute Gasteiger partial charge is 0.475 e. The third kappa shape index (κ3) is 6.94. The Morgan fingerprint density at radius 1 is 1.32 bits per heavy atom. The summed E-state index contributed by atoms with van der Waals surface area (Å²) in [7, 11) is -3.88. The van der Waals surface area contributed by atoms with Crippen LogP contribution in [0.5, 0.6) is 0 Å². The van der Waals surface area contributed by atoms with Crippen LogP contribution in [0.15, 0.2) is 46.8 Å². The second kappa shape index (κ2) is 11.0. The maximum Gasteiger partial charge on any atom is 0.490 e. The number of hydrogen-bond donors (Lipinski definition) is 4. The molecule has 1 saturated heterocycles. The normalized spacial score (nSPS) is 15.9. The molecular weight excluding hydrogens is 559 g/mol. The van der Waals surface area contributed by atoms with Crippen LogP contribution in [0.4, 0.5) is 13.2 Å². The van der Waals surface area contributed by atoms with Gasteiger partial charge in [-0.3, -0.25) is 10.2 Å². The molecule has 1 unspecified atom stereocenters. The number of nitrogens with one attached hydrogen (secondary N) is 2. The van der Waals surface area contributed by atoms with Gasteiger partial charge in [-0.1, -0.05) is 29.8 Å². The van der Waals surface area contributed by atoms with Crippen molar-refractivity contribution in [3.63, 3.8) is 0 Å². The second-order valence-electron chi connectivity index (χ2n) is 7.72. The molecule has 1 atom stereocenters. The van der Waals surface area contributed by atoms with Gasteiger partial charge in [-0.2, -0.15) is 17.9 Å². The number of nitrogens with zero attached hydrogens (tertiary/aromatic N) is 2. The van der Waals surface area contributed by atoms with Crippen molar-refractivity contribution in [2.24, 2.45) is 5.73 Å². The van der Waals surface area contributed by atoms with Crippen molar-refractivity contribution in [1.29, 1.82) is 5.41 Å². The number of carbonyl (C=O) groups excluding carboxylic acids is 1. The lowest BCUT2D eigenvalue weighted by atomic mass is 10.1. The Morgan fingerprint density at radius 2 is 2.00 bits per heavy atom. The number of nitrogen functional groups attached to an aromatic ring is 1. The first-order valence-electron chi connectivity index (χ1n) is 10.3. The number of fused-ring (bicyclic) bond motifs is 1. The summed E-state index contributed by atoms with van der Waals surface area (Å²) in [4.78, 5) is 27.2. The first kappa shape index (κ1) is 28.3. The largest absolute Gasteiger partial charge is 0.490 e. The summed E-state index contributed by atoms with van der Waals surface area (Å²) < 4.78 is 60.7. The summed E-state index contributed by atoms with van der Waals surface area (Å²) in [6, 6.07) is 9.43. The Balaban J connectivity index is 0.000000479. The van der Waals surface area contributed by atoms with Crippen LogP contribution >= 0.6 is 22.9 Å². The van der Waals surface area contributed by atoms with E-state index in [1.165, 1.54) is 12.3 Å². The molecule has 5 N–H and O–H groups in total. The van der Waals surface area contributed by atoms with Gasteiger partial charge in [-0.15, -0.1) is 11.3 Å². The van der Waals surface area contributed by atoms with Gasteiger partial charge in [0.2, 0.25) is 5.91 Å². The van der Waals surface area contributed by atoms with Crippen molar-refractivity contribution in [3.05, 3.63) is 58.9 Å². The standard InChI is InChI=1S/C19H18ClN5O3S2.C2HF3O2/c20-17-13-9-16(29-15(13)4-6-23-17)30(27,28)24-14-5-7-25(19(14)26)10-11-2-1-3-12(8-11)18(21)22;3-2(4,5)1(6)7/h1-4,6,8-9,14,24H,5,7,10H2,(H3,21,22);(H,6,7). The minimum absolute atomic E-state index is 0.0473. The number of nitrogens with two attached hydrogens (primary N) is 1. The highest BCUT2D eigenvalue weighted by Gasteiger charge is 2.38. The van der Waals surface area contributed by atoms with E-state index in [-0.39, 0.29) is 21.1 Å². The van der Waals surface area contributed by atoms with E-state index < -0.39 is 28.2 Å². The molecule has 2 aromatic heterocycles. The fourth-order valence-corrected chi connectivity index (χ4v) is 6.24. The lowest BCUT2D eigenvalue weighted by Crippen LogP contribution is -2.41. The van der Waals surface area contributed by atoms with Crippen molar-refractivity contribution in [2.75, 3.05) is 6.54 Å². The molecule has 1 aliphatic heterocycles. The first-order chi connectivity index (χ1) is 17.2. The van der Waals surface area contributed by atoms with Crippen LogP contribution in [-0.4, -0.2) is 59.9 Å². The Morgan fingerprint density at radius 3 is 2.59 bits per heavy atom. The van der Waals surface area contributed by atoms with Crippen molar-refractivity contribution in [2.45, 2.75) is 29.4 Å². The molecule has 198 valence electrons. The van der Waals surface area contributed by atoms with Crippen LogP contribution < -0.4 is 10.5 Å². The number of aromatic nitrogens is 1. The van der Waals surface area contributed by atoms with Gasteiger partial charge >= 0.3 is 12.1 Å². The number of carboxylic acid groups (broad SMARTS) is 1. The highest BCUT2D eigenvalue weighted by atomic mass is 35.5. The number of halogens is 4. The van der Waals surface area contributed by atoms with Gasteiger partial charge in [0.1, 0.15) is 21.2 Å². The highest BCUT2D eigenvalue weighted by molar-refractivity contribution is 7.91. The number of rotatable bonds is 6. The molecule has 37 heavy (non-hydrogen) atoms. The molecule has 0 aliphatic carbocycles. The predicted molar refractivity (Wildman–Crippen MR) is 130 cm³/mol. The first-order valence-corrected chi connectivity index (χ1v) is 13.0. The molecule has 0 saturated carbocycles. The molecule has 1 aliphatic rings. The van der Waals surface area contributed by atoms with E-state index >= 15 is 0 Å². The topological polar surface area (TPSA) is 167 Å². The SMILES string of the molecule is N=C(N)c1cccc(CN2CCC(NS(=O)(=O)c3cc4c(Cl)nccc4s3)C2=O)c1.O=C(O)C(F)(F)F. The fraction of sp³-hybridized carbons (Fsp3) is 0.238. The van der Waals surface area contributed by atoms with E-state index in [4.69, 9.17) is 32.6 Å². The number of aliphatic carboxylic acids is 1. The van der Waals surface area contributed by atoms with E-state index in [0.29, 0.717) is 35.2 Å². The highest BCUT2D eigenvalue weighted by Crippen LogP contribution is 2.32. The van der Waals surface area contributed by atoms with Gasteiger partial charge in [0.15, 0.2) is 0 Å². The number of sulfonamides is 1. The lowest BCUT2D eigenvalue weighted by molar-refractivity contribution is -0.192. The van der Waals surface area contributed by atoms with Crippen LogP contribution in [0, 0.1) is 5.41 Å². The maximum atomic E-state index is 12.8. The number of likely N-dealkylation sites (tertiary alicyclic amines) is 1. The van der Waals surface area contributed by atoms with Gasteiger partial charge in [0.05, 0.1) is 0 Å². The monoisotopic (exact) mass is 577 g/mol. The third-order valence-corrected chi connectivity index (χ3v) is 8.43. The third-order valence-electron chi connectivity index (χ3n) is 5.09. The molecule has 10 nitrogen and oxygen atoms in total. The van der Waals surface area contributed by atoms with E-state index in [9.17, 15) is 26.4 Å². The number of hydrogen-bond acceptors (Lipinski definition) is 7. The quantitative estimate of drug-likeness (QED) is 0.198. The molecule has 1 aromatic carbocycles. The Labute approximate surface area is 217 Å². The number of benzene rings is 1. The summed E-state index contributed by atoms with van der Waals surface area (Å²) in [5, 5.41) is 15.5. The van der Waals surface area contributed by atoms with E-state index in [1.807, 2.05) is 6.07 Å². The van der Waals surface area contributed by atoms with Gasteiger partial charge in [0.25, 0.3) is 10.0 Å². The van der Waals surface area contributed by atoms with Gasteiger partial charge in [-0.05, 0) is 30.2 Å². The molecule has 16 heteroatoms. The van der Waals surface area contributed by atoms with E-state index in [0.717, 1.165) is 16.9 Å². The van der Waals surface area contributed by atoms with Crippen LogP contribution in [-0.2, 0) is 26.2 Å². The van der Waals surface area contributed by atoms with Crippen molar-refractivity contribution in [3.8, 4) is 0 Å². The van der Waals surface area contributed by atoms with Crippen LogP contribution in [0.2, 0.25) is 5.15 Å². The molecule has 3 heterocycles. The zero-order chi connectivity index (χ0) is 27.5. The zero-order valence-corrected chi connectivity index (χ0v) is 21.0. The predicted octanol–water partition coefficient (Wildman–Crippen LogP) is 2.95. The minimum atomic E-state index is -5.08. The van der Waals surface area contributed by atoms with Crippen LogP contribution in [0.1, 0.15) is 17.5 Å². The minimum Gasteiger partial charge on any atom is -0.475 e. The average Bonchev–Trinajstić information content (AvgIpc) is 3.40. The molecule has 0 spiro atoms. The maximum absolute atomic E-state index is 12.8. The van der Waals surface area contributed by atoms with Gasteiger partial charge in [0, 0.05) is 34.9 Å².